The minimum Gasteiger partial charge on any atom is -0.348 e. The van der Waals surface area contributed by atoms with Crippen molar-refractivity contribution in [2.24, 2.45) is 13.0 Å². The standard InChI is InChI=1S/C14H25N5O/c1-16(2)14(20)13-10-17(3)5-6-19(11-13)9-12-7-15-18(4)8-12/h7-8,13H,5-6,9-11H2,1-4H3/t13-/m0/s1. The van der Waals surface area contributed by atoms with E-state index in [0.717, 1.165) is 32.7 Å². The van der Waals surface area contributed by atoms with E-state index in [1.54, 1.807) is 4.90 Å². The second-order valence-electron chi connectivity index (χ2n) is 5.95. The summed E-state index contributed by atoms with van der Waals surface area (Å²) in [7, 11) is 7.68. The summed E-state index contributed by atoms with van der Waals surface area (Å²) in [4.78, 5) is 18.6. The van der Waals surface area contributed by atoms with Crippen LogP contribution in [0.4, 0.5) is 0 Å². The molecular formula is C14H25N5O. The Morgan fingerprint density at radius 3 is 2.70 bits per heavy atom. The van der Waals surface area contributed by atoms with Crippen LogP contribution in [0.3, 0.4) is 0 Å². The Bertz CT molecular complexity index is 456. The number of aromatic nitrogens is 2. The topological polar surface area (TPSA) is 44.6 Å². The maximum absolute atomic E-state index is 12.3. The molecule has 0 N–H and O–H groups in total. The van der Waals surface area contributed by atoms with Crippen molar-refractivity contribution in [3.8, 4) is 0 Å². The number of hydrogen-bond donors (Lipinski definition) is 0. The highest BCUT2D eigenvalue weighted by atomic mass is 16.2. The Labute approximate surface area is 120 Å². The van der Waals surface area contributed by atoms with Crippen molar-refractivity contribution in [1.82, 2.24) is 24.5 Å². The fourth-order valence-electron chi connectivity index (χ4n) is 2.72. The molecule has 0 saturated carbocycles. The molecule has 20 heavy (non-hydrogen) atoms. The summed E-state index contributed by atoms with van der Waals surface area (Å²) in [5.74, 6) is 0.268. The van der Waals surface area contributed by atoms with Crippen LogP contribution in [0.5, 0.6) is 0 Å². The Kier molecular flexibility index (Phi) is 4.77. The van der Waals surface area contributed by atoms with Crippen molar-refractivity contribution < 1.29 is 4.79 Å². The second kappa shape index (κ2) is 6.37. The molecule has 0 bridgehead atoms. The SMILES string of the molecule is CN1CCN(Cc2cnn(C)c2)C[C@@H](C(=O)N(C)C)C1. The first-order valence-electron chi connectivity index (χ1n) is 7.05. The molecule has 2 heterocycles. The van der Waals surface area contributed by atoms with Gasteiger partial charge >= 0.3 is 0 Å². The summed E-state index contributed by atoms with van der Waals surface area (Å²) in [6.45, 7) is 4.50. The van der Waals surface area contributed by atoms with Crippen molar-refractivity contribution in [3.63, 3.8) is 0 Å². The smallest absolute Gasteiger partial charge is 0.227 e. The molecule has 0 aromatic carbocycles. The number of carbonyl (C=O) groups excluding carboxylic acids is 1. The third-order valence-electron chi connectivity index (χ3n) is 3.76. The van der Waals surface area contributed by atoms with Crippen LogP contribution < -0.4 is 0 Å². The first-order chi connectivity index (χ1) is 9.45. The molecule has 1 aromatic heterocycles. The van der Waals surface area contributed by atoms with Crippen molar-refractivity contribution in [3.05, 3.63) is 18.0 Å². The maximum atomic E-state index is 12.3. The molecule has 1 amide bonds. The van der Waals surface area contributed by atoms with Crippen LogP contribution >= 0.6 is 0 Å². The predicted octanol–water partition coefficient (Wildman–Crippen LogP) is -0.128. The van der Waals surface area contributed by atoms with Gasteiger partial charge in [0.25, 0.3) is 0 Å². The third kappa shape index (κ3) is 3.80. The maximum Gasteiger partial charge on any atom is 0.227 e. The van der Waals surface area contributed by atoms with E-state index in [2.05, 4.69) is 21.9 Å². The van der Waals surface area contributed by atoms with Crippen LogP contribution in [-0.4, -0.2) is 77.7 Å². The van der Waals surface area contributed by atoms with E-state index in [0.29, 0.717) is 0 Å². The Hall–Kier alpha value is -1.40. The molecule has 112 valence electrons. The summed E-state index contributed by atoms with van der Waals surface area (Å²) in [6.07, 6.45) is 3.94. The summed E-state index contributed by atoms with van der Waals surface area (Å²) in [5.41, 5.74) is 1.20. The Balaban J connectivity index is 2.03. The first kappa shape index (κ1) is 15.0. The van der Waals surface area contributed by atoms with Gasteiger partial charge in [0.1, 0.15) is 0 Å². The monoisotopic (exact) mass is 279 g/mol. The van der Waals surface area contributed by atoms with E-state index in [1.807, 2.05) is 38.2 Å². The lowest BCUT2D eigenvalue weighted by Crippen LogP contribution is -2.39. The van der Waals surface area contributed by atoms with Gasteiger partial charge in [0.2, 0.25) is 5.91 Å². The second-order valence-corrected chi connectivity index (χ2v) is 5.95. The molecule has 2 rings (SSSR count). The fourth-order valence-corrected chi connectivity index (χ4v) is 2.72. The van der Waals surface area contributed by atoms with Gasteiger partial charge in [0.15, 0.2) is 0 Å². The number of rotatable bonds is 3. The summed E-state index contributed by atoms with van der Waals surface area (Å²) in [6, 6.07) is 0. The first-order valence-corrected chi connectivity index (χ1v) is 7.05. The quantitative estimate of drug-likeness (QED) is 0.773. The molecule has 1 atom stereocenters. The third-order valence-corrected chi connectivity index (χ3v) is 3.76. The van der Waals surface area contributed by atoms with Gasteiger partial charge in [-0.05, 0) is 7.05 Å². The van der Waals surface area contributed by atoms with Crippen molar-refractivity contribution in [2.75, 3.05) is 47.3 Å². The highest BCUT2D eigenvalue weighted by Gasteiger charge is 2.27. The van der Waals surface area contributed by atoms with E-state index in [1.165, 1.54) is 5.56 Å². The van der Waals surface area contributed by atoms with E-state index in [-0.39, 0.29) is 11.8 Å². The van der Waals surface area contributed by atoms with Gasteiger partial charge in [-0.1, -0.05) is 0 Å². The lowest BCUT2D eigenvalue weighted by atomic mass is 10.1. The van der Waals surface area contributed by atoms with Crippen LogP contribution in [0.25, 0.3) is 0 Å². The molecule has 0 unspecified atom stereocenters. The zero-order chi connectivity index (χ0) is 14.7. The number of carbonyl (C=O) groups is 1. The zero-order valence-electron chi connectivity index (χ0n) is 12.9. The van der Waals surface area contributed by atoms with Gasteiger partial charge in [-0.15, -0.1) is 0 Å². The number of aryl methyl sites for hydroxylation is 1. The molecule has 0 aliphatic carbocycles. The van der Waals surface area contributed by atoms with Gasteiger partial charge in [0.05, 0.1) is 12.1 Å². The lowest BCUT2D eigenvalue weighted by molar-refractivity contribution is -0.133. The summed E-state index contributed by atoms with van der Waals surface area (Å²) < 4.78 is 1.82. The Morgan fingerprint density at radius 2 is 2.10 bits per heavy atom. The molecule has 6 nitrogen and oxygen atoms in total. The molecule has 1 saturated heterocycles. The van der Waals surface area contributed by atoms with E-state index in [9.17, 15) is 4.79 Å². The molecule has 1 aliphatic rings. The normalized spacial score (nSPS) is 21.7. The van der Waals surface area contributed by atoms with Gasteiger partial charge in [-0.3, -0.25) is 14.4 Å². The van der Waals surface area contributed by atoms with E-state index in [4.69, 9.17) is 0 Å². The number of nitrogens with zero attached hydrogens (tertiary/aromatic N) is 5. The molecule has 1 aliphatic heterocycles. The molecule has 6 heteroatoms. The highest BCUT2D eigenvalue weighted by Crippen LogP contribution is 2.13. The van der Waals surface area contributed by atoms with Crippen LogP contribution in [-0.2, 0) is 18.4 Å². The molecule has 0 spiro atoms. The van der Waals surface area contributed by atoms with Crippen LogP contribution in [0, 0.1) is 5.92 Å². The van der Waals surface area contributed by atoms with Gasteiger partial charge in [-0.25, -0.2) is 0 Å². The molecule has 0 radical (unpaired) electrons. The summed E-state index contributed by atoms with van der Waals surface area (Å²) in [5, 5.41) is 4.21. The van der Waals surface area contributed by atoms with Gasteiger partial charge in [-0.2, -0.15) is 5.10 Å². The van der Waals surface area contributed by atoms with Crippen LogP contribution in [0.15, 0.2) is 12.4 Å². The molecule has 1 fully saturated rings. The average molecular weight is 279 g/mol. The molecular weight excluding hydrogens is 254 g/mol. The largest absolute Gasteiger partial charge is 0.348 e. The van der Waals surface area contributed by atoms with Crippen LogP contribution in [0.2, 0.25) is 0 Å². The van der Waals surface area contributed by atoms with Crippen molar-refractivity contribution in [1.29, 1.82) is 0 Å². The Morgan fingerprint density at radius 1 is 1.35 bits per heavy atom. The minimum absolute atomic E-state index is 0.0502. The summed E-state index contributed by atoms with van der Waals surface area (Å²) >= 11 is 0. The minimum atomic E-state index is 0.0502. The van der Waals surface area contributed by atoms with Crippen molar-refractivity contribution >= 4 is 5.91 Å². The van der Waals surface area contributed by atoms with Crippen LogP contribution in [0.1, 0.15) is 5.56 Å². The van der Waals surface area contributed by atoms with E-state index >= 15 is 0 Å². The number of likely N-dealkylation sites (N-methyl/N-ethyl adjacent to an activating group) is 1. The fraction of sp³-hybridized carbons (Fsp3) is 0.714. The van der Waals surface area contributed by atoms with Gasteiger partial charge < -0.3 is 9.80 Å². The van der Waals surface area contributed by atoms with Gasteiger partial charge in [0, 0.05) is 65.6 Å². The highest BCUT2D eigenvalue weighted by molar-refractivity contribution is 5.78. The predicted molar refractivity (Wildman–Crippen MR) is 78.2 cm³/mol. The number of hydrogen-bond acceptors (Lipinski definition) is 4. The average Bonchev–Trinajstić information content (AvgIpc) is 2.69. The van der Waals surface area contributed by atoms with E-state index < -0.39 is 0 Å². The molecule has 1 aromatic rings. The lowest BCUT2D eigenvalue weighted by Gasteiger charge is -2.25. The van der Waals surface area contributed by atoms with Crippen molar-refractivity contribution in [2.45, 2.75) is 6.54 Å². The number of amides is 1. The zero-order valence-corrected chi connectivity index (χ0v) is 12.9.